The molecule has 0 unspecified atom stereocenters. The van der Waals surface area contributed by atoms with E-state index in [2.05, 4.69) is 26.8 Å². The van der Waals surface area contributed by atoms with Gasteiger partial charge in [0, 0.05) is 9.52 Å². The van der Waals surface area contributed by atoms with Crippen molar-refractivity contribution in [1.82, 2.24) is 0 Å². The average Bonchev–Trinajstić information content (AvgIpc) is 1.68. The summed E-state index contributed by atoms with van der Waals surface area (Å²) in [5.74, 6) is 0. The molecule has 0 aromatic heterocycles. The van der Waals surface area contributed by atoms with Gasteiger partial charge in [-0.05, 0) is 13.8 Å². The fourth-order valence-corrected chi connectivity index (χ4v) is 1.62. The highest BCUT2D eigenvalue weighted by atomic mass is 28.2. The van der Waals surface area contributed by atoms with E-state index < -0.39 is 0 Å². The maximum absolute atomic E-state index is 2.26. The van der Waals surface area contributed by atoms with E-state index in [1.165, 1.54) is 6.04 Å². The topological polar surface area (TPSA) is 0 Å². The fraction of sp³-hybridized carbons (Fsp3) is 0.667. The van der Waals surface area contributed by atoms with Gasteiger partial charge in [-0.1, -0.05) is 24.2 Å². The molecular weight excluding hydrogens is 100 g/mol. The molecule has 0 rings (SSSR count). The Morgan fingerprint density at radius 1 is 1.71 bits per heavy atom. The lowest BCUT2D eigenvalue weighted by atomic mass is 10.6. The molecule has 0 spiro atoms. The second kappa shape index (κ2) is 4.12. The summed E-state index contributed by atoms with van der Waals surface area (Å²) < 4.78 is 0. The molecule has 0 atom stereocenters. The molecular formula is C6H14Si. The van der Waals surface area contributed by atoms with Crippen LogP contribution in [0, 0.1) is 0 Å². The lowest BCUT2D eigenvalue weighted by Crippen LogP contribution is -1.86. The van der Waals surface area contributed by atoms with Gasteiger partial charge >= 0.3 is 0 Å². The molecule has 0 aromatic carbocycles. The highest BCUT2D eigenvalue weighted by Gasteiger charge is 1.81. The van der Waals surface area contributed by atoms with Gasteiger partial charge in [0.05, 0.1) is 0 Å². The number of hydrogen-bond acceptors (Lipinski definition) is 0. The molecule has 1 heteroatoms. The minimum atomic E-state index is 0.207. The Bertz CT molecular complexity index is 64.6. The summed E-state index contributed by atoms with van der Waals surface area (Å²) in [6, 6.07) is 1.41. The number of allylic oxidation sites excluding steroid dienone is 2. The molecule has 0 aliphatic heterocycles. The zero-order valence-electron chi connectivity index (χ0n) is 5.49. The predicted molar refractivity (Wildman–Crippen MR) is 38.5 cm³/mol. The zero-order chi connectivity index (χ0) is 5.70. The standard InChI is InChI=1S/C6H14Si/c1-4-6(3)7-5-2/h4H,5,7H2,1-3H3. The maximum atomic E-state index is 2.26. The molecule has 0 aromatic rings. The van der Waals surface area contributed by atoms with Crippen LogP contribution in [0.25, 0.3) is 0 Å². The molecule has 0 heterocycles. The van der Waals surface area contributed by atoms with E-state index >= 15 is 0 Å². The summed E-state index contributed by atoms with van der Waals surface area (Å²) in [7, 11) is 0.207. The first-order chi connectivity index (χ1) is 3.31. The molecule has 7 heavy (non-hydrogen) atoms. The van der Waals surface area contributed by atoms with Crippen LogP contribution in [0.2, 0.25) is 6.04 Å². The van der Waals surface area contributed by atoms with Gasteiger partial charge in [0.2, 0.25) is 0 Å². The lowest BCUT2D eigenvalue weighted by molar-refractivity contribution is 1.43. The molecule has 0 bridgehead atoms. The van der Waals surface area contributed by atoms with Gasteiger partial charge in [-0.2, -0.15) is 0 Å². The highest BCUT2D eigenvalue weighted by Crippen LogP contribution is 1.89. The second-order valence-electron chi connectivity index (χ2n) is 1.89. The SMILES string of the molecule is CC=C(C)[SiH2]CC. The monoisotopic (exact) mass is 114 g/mol. The van der Waals surface area contributed by atoms with Gasteiger partial charge in [-0.25, -0.2) is 0 Å². The third-order valence-corrected chi connectivity index (χ3v) is 2.83. The van der Waals surface area contributed by atoms with Crippen molar-refractivity contribution < 1.29 is 0 Å². The van der Waals surface area contributed by atoms with Crippen molar-refractivity contribution in [2.24, 2.45) is 0 Å². The summed E-state index contributed by atoms with van der Waals surface area (Å²) in [5, 5.41) is 1.64. The van der Waals surface area contributed by atoms with E-state index in [1.54, 1.807) is 5.20 Å². The first-order valence-corrected chi connectivity index (χ1v) is 4.63. The largest absolute Gasteiger partial charge is 0.0951 e. The molecule has 0 radical (unpaired) electrons. The number of hydrogen-bond donors (Lipinski definition) is 0. The van der Waals surface area contributed by atoms with Gasteiger partial charge in [-0.15, -0.1) is 0 Å². The van der Waals surface area contributed by atoms with E-state index in [0.29, 0.717) is 0 Å². The van der Waals surface area contributed by atoms with Crippen LogP contribution in [0.5, 0.6) is 0 Å². The lowest BCUT2D eigenvalue weighted by Gasteiger charge is -1.89. The Balaban J connectivity index is 3.17. The molecule has 0 nitrogen and oxygen atoms in total. The van der Waals surface area contributed by atoms with E-state index in [9.17, 15) is 0 Å². The molecule has 0 saturated heterocycles. The smallest absolute Gasteiger partial charge is 0.0485 e. The van der Waals surface area contributed by atoms with Gasteiger partial charge in [-0.3, -0.25) is 0 Å². The van der Waals surface area contributed by atoms with Gasteiger partial charge in [0.1, 0.15) is 0 Å². The van der Waals surface area contributed by atoms with Gasteiger partial charge < -0.3 is 0 Å². The van der Waals surface area contributed by atoms with E-state index in [1.807, 2.05) is 0 Å². The Hall–Kier alpha value is -0.0431. The molecule has 0 N–H and O–H groups in total. The van der Waals surface area contributed by atoms with Crippen molar-refractivity contribution in [1.29, 1.82) is 0 Å². The van der Waals surface area contributed by atoms with Crippen molar-refractivity contribution in [3.8, 4) is 0 Å². The molecule has 0 amide bonds. The predicted octanol–water partition coefficient (Wildman–Crippen LogP) is 1.52. The van der Waals surface area contributed by atoms with Crippen molar-refractivity contribution in [3.63, 3.8) is 0 Å². The van der Waals surface area contributed by atoms with E-state index in [0.717, 1.165) is 0 Å². The quantitative estimate of drug-likeness (QED) is 0.477. The average molecular weight is 114 g/mol. The Morgan fingerprint density at radius 3 is 2.43 bits per heavy atom. The fourth-order valence-electron chi connectivity index (χ4n) is 0.539. The molecule has 0 aliphatic rings. The normalized spacial score (nSPS) is 13.9. The summed E-state index contributed by atoms with van der Waals surface area (Å²) >= 11 is 0. The summed E-state index contributed by atoms with van der Waals surface area (Å²) in [4.78, 5) is 0. The molecule has 0 saturated carbocycles. The third kappa shape index (κ3) is 3.80. The van der Waals surface area contributed by atoms with E-state index in [-0.39, 0.29) is 9.52 Å². The van der Waals surface area contributed by atoms with Crippen LogP contribution >= 0.6 is 0 Å². The maximum Gasteiger partial charge on any atom is 0.0485 e. The Labute approximate surface area is 48.4 Å². The highest BCUT2D eigenvalue weighted by molar-refractivity contribution is 6.44. The van der Waals surface area contributed by atoms with Crippen molar-refractivity contribution in [2.45, 2.75) is 26.8 Å². The van der Waals surface area contributed by atoms with Crippen LogP contribution in [0.15, 0.2) is 11.3 Å². The summed E-state index contributed by atoms with van der Waals surface area (Å²) in [5.41, 5.74) is 0. The molecule has 42 valence electrons. The van der Waals surface area contributed by atoms with Crippen LogP contribution < -0.4 is 0 Å². The first kappa shape index (κ1) is 6.96. The Kier molecular flexibility index (Phi) is 4.10. The van der Waals surface area contributed by atoms with E-state index in [4.69, 9.17) is 0 Å². The summed E-state index contributed by atoms with van der Waals surface area (Å²) in [6.45, 7) is 6.62. The second-order valence-corrected chi connectivity index (χ2v) is 4.50. The van der Waals surface area contributed by atoms with Gasteiger partial charge in [0.15, 0.2) is 0 Å². The minimum Gasteiger partial charge on any atom is -0.0951 e. The van der Waals surface area contributed by atoms with Crippen molar-refractivity contribution in [3.05, 3.63) is 11.3 Å². The molecule has 0 fully saturated rings. The molecule has 0 aliphatic carbocycles. The van der Waals surface area contributed by atoms with Crippen LogP contribution in [0.4, 0.5) is 0 Å². The van der Waals surface area contributed by atoms with Gasteiger partial charge in [0.25, 0.3) is 0 Å². The first-order valence-electron chi connectivity index (χ1n) is 2.93. The number of rotatable bonds is 2. The summed E-state index contributed by atoms with van der Waals surface area (Å²) in [6.07, 6.45) is 2.23. The Morgan fingerprint density at radius 2 is 2.29 bits per heavy atom. The zero-order valence-corrected chi connectivity index (χ0v) is 6.91. The third-order valence-electron chi connectivity index (χ3n) is 1.14. The minimum absolute atomic E-state index is 0.207. The van der Waals surface area contributed by atoms with Crippen LogP contribution in [0.1, 0.15) is 20.8 Å². The van der Waals surface area contributed by atoms with Crippen LogP contribution in [-0.2, 0) is 0 Å². The van der Waals surface area contributed by atoms with Crippen molar-refractivity contribution in [2.75, 3.05) is 0 Å². The van der Waals surface area contributed by atoms with Crippen LogP contribution in [0.3, 0.4) is 0 Å². The van der Waals surface area contributed by atoms with Crippen LogP contribution in [-0.4, -0.2) is 9.52 Å². The van der Waals surface area contributed by atoms with Crippen molar-refractivity contribution >= 4 is 9.52 Å².